The van der Waals surface area contributed by atoms with Crippen LogP contribution in [0.3, 0.4) is 0 Å². The topological polar surface area (TPSA) is 61.6 Å². The molecule has 1 aliphatic heterocycles. The van der Waals surface area contributed by atoms with E-state index in [-0.39, 0.29) is 28.3 Å². The van der Waals surface area contributed by atoms with E-state index in [1.54, 1.807) is 36.5 Å². The van der Waals surface area contributed by atoms with Gasteiger partial charge >= 0.3 is 5.51 Å². The minimum absolute atomic E-state index is 0.127. The first-order chi connectivity index (χ1) is 15.3. The van der Waals surface area contributed by atoms with Crippen molar-refractivity contribution in [2.75, 3.05) is 16.9 Å². The lowest BCUT2D eigenvalue weighted by atomic mass is 10.2. The van der Waals surface area contributed by atoms with E-state index < -0.39 is 5.51 Å². The van der Waals surface area contributed by atoms with Crippen LogP contribution in [0.25, 0.3) is 0 Å². The molecule has 0 atom stereocenters. The standard InChI is InChI=1S/C22H19F3N4O2S/c1-15-12-29(17-4-6-18(7-5-17)32-22(23,24)25)14-28(15)13-16-8-9-26-20(11-16)27-21(30)19-3-2-10-31-19/h2-12H,13-14H2,1H3,(H,26,27,30). The lowest BCUT2D eigenvalue weighted by Crippen LogP contribution is -2.26. The third-order valence-electron chi connectivity index (χ3n) is 4.75. The van der Waals surface area contributed by atoms with E-state index in [9.17, 15) is 18.0 Å². The van der Waals surface area contributed by atoms with Gasteiger partial charge in [-0.2, -0.15) is 13.2 Å². The van der Waals surface area contributed by atoms with E-state index in [0.717, 1.165) is 16.9 Å². The number of aromatic nitrogens is 1. The number of alkyl halides is 3. The van der Waals surface area contributed by atoms with Gasteiger partial charge in [0, 0.05) is 35.2 Å². The fourth-order valence-corrected chi connectivity index (χ4v) is 3.80. The summed E-state index contributed by atoms with van der Waals surface area (Å²) < 4.78 is 42.7. The van der Waals surface area contributed by atoms with Gasteiger partial charge in [-0.25, -0.2) is 4.98 Å². The van der Waals surface area contributed by atoms with Gasteiger partial charge in [0.1, 0.15) is 5.82 Å². The summed E-state index contributed by atoms with van der Waals surface area (Å²) in [7, 11) is 0. The molecule has 1 amide bonds. The van der Waals surface area contributed by atoms with Gasteiger partial charge in [-0.3, -0.25) is 4.79 Å². The summed E-state index contributed by atoms with van der Waals surface area (Å²) >= 11 is -0.127. The summed E-state index contributed by atoms with van der Waals surface area (Å²) in [5.74, 6) is 0.236. The normalized spacial score (nSPS) is 13.9. The van der Waals surface area contributed by atoms with Crippen LogP contribution >= 0.6 is 11.8 Å². The first-order valence-electron chi connectivity index (χ1n) is 9.62. The van der Waals surface area contributed by atoms with Gasteiger partial charge in [0.05, 0.1) is 12.9 Å². The minimum atomic E-state index is -4.30. The quantitative estimate of drug-likeness (QED) is 0.478. The Bertz CT molecular complexity index is 1110. The number of allylic oxidation sites excluding steroid dienone is 1. The molecule has 0 saturated heterocycles. The molecule has 166 valence electrons. The molecule has 0 saturated carbocycles. The lowest BCUT2D eigenvalue weighted by Gasteiger charge is -2.23. The number of amides is 1. The van der Waals surface area contributed by atoms with Crippen LogP contribution in [0.1, 0.15) is 23.0 Å². The molecule has 0 spiro atoms. The summed E-state index contributed by atoms with van der Waals surface area (Å²) in [4.78, 5) is 20.6. The average Bonchev–Trinajstić information content (AvgIpc) is 3.38. The fraction of sp³-hybridized carbons (Fsp3) is 0.182. The number of carbonyl (C=O) groups is 1. The van der Waals surface area contributed by atoms with E-state index >= 15 is 0 Å². The molecule has 3 heterocycles. The predicted molar refractivity (Wildman–Crippen MR) is 116 cm³/mol. The maximum atomic E-state index is 12.5. The van der Waals surface area contributed by atoms with Gasteiger partial charge in [-0.05, 0) is 72.8 Å². The Labute approximate surface area is 186 Å². The number of halogens is 3. The van der Waals surface area contributed by atoms with E-state index in [4.69, 9.17) is 4.42 Å². The molecular weight excluding hydrogens is 441 g/mol. The van der Waals surface area contributed by atoms with Crippen molar-refractivity contribution in [3.05, 3.63) is 84.2 Å². The van der Waals surface area contributed by atoms with E-state index in [2.05, 4.69) is 15.2 Å². The molecule has 0 unspecified atom stereocenters. The first-order valence-corrected chi connectivity index (χ1v) is 10.4. The van der Waals surface area contributed by atoms with Crippen molar-refractivity contribution < 1.29 is 22.4 Å². The van der Waals surface area contributed by atoms with E-state index in [1.165, 1.54) is 18.4 Å². The Hall–Kier alpha value is -3.40. The summed E-state index contributed by atoms with van der Waals surface area (Å²) in [5, 5.41) is 2.71. The lowest BCUT2D eigenvalue weighted by molar-refractivity contribution is -0.0328. The number of nitrogens with one attached hydrogen (secondary N) is 1. The van der Waals surface area contributed by atoms with Gasteiger partial charge in [0.15, 0.2) is 5.76 Å². The number of nitrogens with zero attached hydrogens (tertiary/aromatic N) is 3. The van der Waals surface area contributed by atoms with Crippen LogP contribution in [0.5, 0.6) is 0 Å². The number of rotatable bonds is 6. The predicted octanol–water partition coefficient (Wildman–Crippen LogP) is 5.68. The highest BCUT2D eigenvalue weighted by atomic mass is 32.2. The molecule has 4 rings (SSSR count). The number of hydrogen-bond acceptors (Lipinski definition) is 6. The smallest absolute Gasteiger partial charge is 0.446 e. The molecule has 0 radical (unpaired) electrons. The second-order valence-corrected chi connectivity index (χ2v) is 8.24. The van der Waals surface area contributed by atoms with Crippen molar-refractivity contribution in [2.45, 2.75) is 23.9 Å². The van der Waals surface area contributed by atoms with Crippen molar-refractivity contribution in [1.29, 1.82) is 0 Å². The number of carbonyl (C=O) groups excluding carboxylic acids is 1. The number of benzene rings is 1. The van der Waals surface area contributed by atoms with Gasteiger partial charge in [-0.1, -0.05) is 0 Å². The Morgan fingerprint density at radius 3 is 2.69 bits per heavy atom. The number of pyridine rings is 1. The van der Waals surface area contributed by atoms with Crippen LogP contribution in [0.4, 0.5) is 24.7 Å². The average molecular weight is 460 g/mol. The van der Waals surface area contributed by atoms with Crippen molar-refractivity contribution in [3.8, 4) is 0 Å². The van der Waals surface area contributed by atoms with E-state index in [1.807, 2.05) is 24.1 Å². The summed E-state index contributed by atoms with van der Waals surface area (Å²) in [6.07, 6.45) is 5.00. The van der Waals surface area contributed by atoms with Crippen molar-refractivity contribution in [2.24, 2.45) is 0 Å². The number of anilines is 2. The second-order valence-electron chi connectivity index (χ2n) is 7.10. The molecule has 1 N–H and O–H groups in total. The van der Waals surface area contributed by atoms with Crippen LogP contribution < -0.4 is 10.2 Å². The summed E-state index contributed by atoms with van der Waals surface area (Å²) in [6.45, 7) is 3.09. The molecule has 10 heteroatoms. The van der Waals surface area contributed by atoms with Gasteiger partial charge < -0.3 is 19.5 Å². The number of furan rings is 1. The Morgan fingerprint density at radius 1 is 1.22 bits per heavy atom. The third-order valence-corrected chi connectivity index (χ3v) is 5.49. The Kier molecular flexibility index (Phi) is 6.13. The number of hydrogen-bond donors (Lipinski definition) is 1. The molecule has 0 fully saturated rings. The maximum Gasteiger partial charge on any atom is 0.446 e. The van der Waals surface area contributed by atoms with Gasteiger partial charge in [-0.15, -0.1) is 0 Å². The van der Waals surface area contributed by atoms with Crippen molar-refractivity contribution in [3.63, 3.8) is 0 Å². The summed E-state index contributed by atoms with van der Waals surface area (Å²) in [6, 6.07) is 13.1. The molecule has 6 nitrogen and oxygen atoms in total. The first kappa shape index (κ1) is 21.8. The largest absolute Gasteiger partial charge is 0.459 e. The van der Waals surface area contributed by atoms with Crippen LogP contribution in [-0.2, 0) is 6.54 Å². The Balaban J connectivity index is 1.39. The minimum Gasteiger partial charge on any atom is -0.459 e. The van der Waals surface area contributed by atoms with E-state index in [0.29, 0.717) is 19.0 Å². The Morgan fingerprint density at radius 2 is 2.00 bits per heavy atom. The van der Waals surface area contributed by atoms with Gasteiger partial charge in [0.2, 0.25) is 0 Å². The SMILES string of the molecule is CC1=CN(c2ccc(SC(F)(F)F)cc2)CN1Cc1ccnc(NC(=O)c2ccco2)c1. The zero-order chi connectivity index (χ0) is 22.7. The highest BCUT2D eigenvalue weighted by Crippen LogP contribution is 2.37. The summed E-state index contributed by atoms with van der Waals surface area (Å²) in [5.41, 5.74) is -1.54. The van der Waals surface area contributed by atoms with Crippen LogP contribution in [0, 0.1) is 0 Å². The molecule has 3 aromatic rings. The zero-order valence-corrected chi connectivity index (χ0v) is 17.8. The third kappa shape index (κ3) is 5.44. The monoisotopic (exact) mass is 460 g/mol. The molecule has 2 aromatic heterocycles. The molecule has 0 bridgehead atoms. The zero-order valence-electron chi connectivity index (χ0n) is 17.0. The fourth-order valence-electron chi connectivity index (χ4n) is 3.26. The highest BCUT2D eigenvalue weighted by Gasteiger charge is 2.29. The van der Waals surface area contributed by atoms with Crippen molar-refractivity contribution >= 4 is 29.2 Å². The highest BCUT2D eigenvalue weighted by molar-refractivity contribution is 8.00. The van der Waals surface area contributed by atoms with Crippen LogP contribution in [-0.4, -0.2) is 28.0 Å². The molecular formula is C22H19F3N4O2S. The maximum absolute atomic E-state index is 12.5. The molecule has 1 aromatic carbocycles. The molecule has 1 aliphatic rings. The molecule has 0 aliphatic carbocycles. The van der Waals surface area contributed by atoms with Crippen molar-refractivity contribution in [1.82, 2.24) is 9.88 Å². The second kappa shape index (κ2) is 8.99. The number of thioether (sulfide) groups is 1. The molecule has 32 heavy (non-hydrogen) atoms. The van der Waals surface area contributed by atoms with Crippen LogP contribution in [0.2, 0.25) is 0 Å². The van der Waals surface area contributed by atoms with Crippen LogP contribution in [0.15, 0.2) is 82.2 Å². The van der Waals surface area contributed by atoms with Gasteiger partial charge in [0.25, 0.3) is 5.91 Å².